The minimum Gasteiger partial charge on any atom is -0.361 e. The van der Waals surface area contributed by atoms with Crippen LogP contribution in [-0.4, -0.2) is 33.3 Å². The maximum atomic E-state index is 14.1. The van der Waals surface area contributed by atoms with Gasteiger partial charge in [0.05, 0.1) is 0 Å². The van der Waals surface area contributed by atoms with Crippen LogP contribution >= 0.6 is 0 Å². The van der Waals surface area contributed by atoms with Gasteiger partial charge >= 0.3 is 0 Å². The molecule has 1 aromatic heterocycles. The first kappa shape index (κ1) is 11.8. The Hall–Kier alpha value is -1.22. The van der Waals surface area contributed by atoms with Gasteiger partial charge in [-0.25, -0.2) is 4.39 Å². The molecule has 0 saturated carbocycles. The SMILES string of the molecule is BC(B)(c1c[nH]c2cccc(F)c12)[C@H]1CCCN1. The lowest BCUT2D eigenvalue weighted by atomic mass is 9.47. The second kappa shape index (κ2) is 4.16. The summed E-state index contributed by atoms with van der Waals surface area (Å²) in [6.07, 6.45) is 4.33. The van der Waals surface area contributed by atoms with E-state index in [2.05, 4.69) is 26.0 Å². The molecule has 18 heavy (non-hydrogen) atoms. The second-order valence-corrected chi connectivity index (χ2v) is 5.74. The maximum absolute atomic E-state index is 14.1. The molecule has 0 bridgehead atoms. The van der Waals surface area contributed by atoms with Gasteiger partial charge in [0.25, 0.3) is 0 Å². The number of H-pyrrole nitrogens is 1. The van der Waals surface area contributed by atoms with Crippen molar-refractivity contribution in [2.45, 2.75) is 24.1 Å². The Morgan fingerprint density at radius 3 is 2.89 bits per heavy atom. The summed E-state index contributed by atoms with van der Waals surface area (Å²) in [7, 11) is 4.40. The number of hydrogen-bond donors (Lipinski definition) is 2. The van der Waals surface area contributed by atoms with E-state index in [0.717, 1.165) is 29.4 Å². The normalized spacial score (nSPS) is 20.6. The Bertz CT molecular complexity index is 573. The van der Waals surface area contributed by atoms with Crippen molar-refractivity contribution in [1.82, 2.24) is 10.3 Å². The fraction of sp³-hybridized carbons (Fsp3) is 0.385. The number of halogens is 1. The third-order valence-electron chi connectivity index (χ3n) is 4.28. The van der Waals surface area contributed by atoms with Crippen LogP contribution < -0.4 is 5.32 Å². The topological polar surface area (TPSA) is 27.8 Å². The van der Waals surface area contributed by atoms with E-state index in [1.807, 2.05) is 12.3 Å². The number of rotatable bonds is 2. The van der Waals surface area contributed by atoms with Crippen LogP contribution in [0.4, 0.5) is 4.39 Å². The lowest BCUT2D eigenvalue weighted by molar-refractivity contribution is 0.545. The van der Waals surface area contributed by atoms with E-state index in [1.54, 1.807) is 6.07 Å². The van der Waals surface area contributed by atoms with Crippen LogP contribution in [0.5, 0.6) is 0 Å². The average molecular weight is 242 g/mol. The highest BCUT2D eigenvalue weighted by atomic mass is 19.1. The lowest BCUT2D eigenvalue weighted by Crippen LogP contribution is -2.46. The zero-order valence-electron chi connectivity index (χ0n) is 10.9. The van der Waals surface area contributed by atoms with Gasteiger partial charge in [0.1, 0.15) is 21.5 Å². The molecule has 0 unspecified atom stereocenters. The quantitative estimate of drug-likeness (QED) is 0.736. The fourth-order valence-corrected chi connectivity index (χ4v) is 3.14. The van der Waals surface area contributed by atoms with Crippen molar-refractivity contribution < 1.29 is 4.39 Å². The van der Waals surface area contributed by atoms with E-state index in [0.29, 0.717) is 6.04 Å². The number of fused-ring (bicyclic) bond motifs is 1. The molecule has 3 rings (SSSR count). The first-order chi connectivity index (χ1) is 8.60. The highest BCUT2D eigenvalue weighted by molar-refractivity contribution is 6.41. The zero-order chi connectivity index (χ0) is 12.8. The Kier molecular flexibility index (Phi) is 2.74. The first-order valence-corrected chi connectivity index (χ1v) is 6.60. The molecule has 2 N–H and O–H groups in total. The minimum absolute atomic E-state index is 0.0586. The molecule has 1 aliphatic heterocycles. The van der Waals surface area contributed by atoms with Crippen molar-refractivity contribution in [1.29, 1.82) is 0 Å². The van der Waals surface area contributed by atoms with E-state index in [1.165, 1.54) is 12.5 Å². The predicted octanol–water partition coefficient (Wildman–Crippen LogP) is 0.478. The first-order valence-electron chi connectivity index (χ1n) is 6.60. The number of nitrogens with one attached hydrogen (secondary N) is 2. The Balaban J connectivity index is 2.13. The average Bonchev–Trinajstić information content (AvgIpc) is 2.99. The van der Waals surface area contributed by atoms with Crippen molar-refractivity contribution in [3.8, 4) is 0 Å². The van der Waals surface area contributed by atoms with Crippen LogP contribution in [0.3, 0.4) is 0 Å². The van der Waals surface area contributed by atoms with E-state index in [9.17, 15) is 4.39 Å². The number of benzene rings is 1. The van der Waals surface area contributed by atoms with E-state index >= 15 is 0 Å². The third-order valence-corrected chi connectivity index (χ3v) is 4.28. The maximum Gasteiger partial charge on any atom is 0.132 e. The summed E-state index contributed by atoms with van der Waals surface area (Å²) in [5.74, 6) is -0.130. The van der Waals surface area contributed by atoms with Crippen LogP contribution in [0.25, 0.3) is 10.9 Å². The standard InChI is InChI=1S/C13H17B2FN2/c14-13(15,11-5-2-6-17-11)8-7-18-10-4-1-3-9(16)12(8)10/h1,3-4,7,11,17-18H,2,5-6,14-15H2/t11-/m1/s1. The van der Waals surface area contributed by atoms with Crippen molar-refractivity contribution in [3.63, 3.8) is 0 Å². The molecular formula is C13H17B2FN2. The number of aromatic amines is 1. The van der Waals surface area contributed by atoms with Gasteiger partial charge < -0.3 is 10.3 Å². The van der Waals surface area contributed by atoms with Crippen molar-refractivity contribution in [2.75, 3.05) is 6.54 Å². The van der Waals surface area contributed by atoms with Gasteiger partial charge in [-0.05, 0) is 42.3 Å². The van der Waals surface area contributed by atoms with E-state index in [-0.39, 0.29) is 11.0 Å². The fourth-order valence-electron chi connectivity index (χ4n) is 3.14. The summed E-state index contributed by atoms with van der Waals surface area (Å²) in [6, 6.07) is 5.65. The monoisotopic (exact) mass is 242 g/mol. The molecule has 2 nitrogen and oxygen atoms in total. The number of aromatic nitrogens is 1. The summed E-state index contributed by atoms with van der Waals surface area (Å²) in [5, 5.41) is 4.22. The zero-order valence-corrected chi connectivity index (χ0v) is 10.9. The number of hydrogen-bond acceptors (Lipinski definition) is 1. The van der Waals surface area contributed by atoms with Gasteiger partial charge in [-0.15, -0.1) is 0 Å². The Morgan fingerprint density at radius 1 is 1.33 bits per heavy atom. The molecule has 0 amide bonds. The molecular weight excluding hydrogens is 225 g/mol. The molecule has 1 fully saturated rings. The van der Waals surface area contributed by atoms with Crippen LogP contribution in [-0.2, 0) is 5.21 Å². The Labute approximate surface area is 108 Å². The molecule has 0 radical (unpaired) electrons. The predicted molar refractivity (Wildman–Crippen MR) is 78.0 cm³/mol. The summed E-state index contributed by atoms with van der Waals surface area (Å²) in [5.41, 5.74) is 1.96. The molecule has 1 saturated heterocycles. The molecule has 0 spiro atoms. The van der Waals surface area contributed by atoms with Crippen molar-refractivity contribution in [3.05, 3.63) is 35.8 Å². The van der Waals surface area contributed by atoms with Gasteiger partial charge in [-0.2, -0.15) is 0 Å². The largest absolute Gasteiger partial charge is 0.361 e. The second-order valence-electron chi connectivity index (χ2n) is 5.74. The van der Waals surface area contributed by atoms with Crippen molar-refractivity contribution >= 4 is 26.6 Å². The third kappa shape index (κ3) is 1.69. The summed E-state index contributed by atoms with van der Waals surface area (Å²) < 4.78 is 14.1. The molecule has 92 valence electrons. The van der Waals surface area contributed by atoms with Gasteiger partial charge in [0, 0.05) is 23.1 Å². The van der Waals surface area contributed by atoms with Gasteiger partial charge in [0.15, 0.2) is 0 Å². The van der Waals surface area contributed by atoms with Gasteiger partial charge in [-0.1, -0.05) is 6.07 Å². The van der Waals surface area contributed by atoms with E-state index in [4.69, 9.17) is 0 Å². The highest BCUT2D eigenvalue weighted by Crippen LogP contribution is 2.33. The van der Waals surface area contributed by atoms with Gasteiger partial charge in [-0.3, -0.25) is 0 Å². The van der Waals surface area contributed by atoms with Crippen molar-refractivity contribution in [2.24, 2.45) is 0 Å². The molecule has 1 aromatic carbocycles. The molecule has 2 aromatic rings. The van der Waals surface area contributed by atoms with Crippen LogP contribution in [0.2, 0.25) is 0 Å². The van der Waals surface area contributed by atoms with Crippen LogP contribution in [0.1, 0.15) is 18.4 Å². The van der Waals surface area contributed by atoms with Crippen LogP contribution in [0.15, 0.2) is 24.4 Å². The molecule has 0 aliphatic carbocycles. The highest BCUT2D eigenvalue weighted by Gasteiger charge is 2.35. The summed E-state index contributed by atoms with van der Waals surface area (Å²) in [6.45, 7) is 1.07. The lowest BCUT2D eigenvalue weighted by Gasteiger charge is -2.32. The molecule has 1 aliphatic rings. The van der Waals surface area contributed by atoms with Gasteiger partial charge in [0.2, 0.25) is 0 Å². The minimum atomic E-state index is -0.130. The summed E-state index contributed by atoms with van der Waals surface area (Å²) in [4.78, 5) is 3.19. The smallest absolute Gasteiger partial charge is 0.132 e. The van der Waals surface area contributed by atoms with E-state index < -0.39 is 0 Å². The Morgan fingerprint density at radius 2 is 2.17 bits per heavy atom. The molecule has 5 heteroatoms. The molecule has 2 heterocycles. The molecule has 1 atom stereocenters. The summed E-state index contributed by atoms with van der Waals surface area (Å²) >= 11 is 0. The van der Waals surface area contributed by atoms with Crippen LogP contribution in [0, 0.1) is 5.82 Å².